The minimum absolute atomic E-state index is 0. The van der Waals surface area contributed by atoms with Crippen molar-refractivity contribution in [1.82, 2.24) is 6.15 Å². The molecular formula is H6Cl4LiN. The summed E-state index contributed by atoms with van der Waals surface area (Å²) in [5, 5.41) is 0. The van der Waals surface area contributed by atoms with Gasteiger partial charge in [0, 0.05) is 0 Å². The molecule has 0 aliphatic heterocycles. The molecule has 0 aromatic carbocycles. The van der Waals surface area contributed by atoms with Gasteiger partial charge in [0.25, 0.3) is 0 Å². The van der Waals surface area contributed by atoms with E-state index in [0.717, 1.165) is 0 Å². The van der Waals surface area contributed by atoms with Crippen LogP contribution in [-0.2, 0) is 0 Å². The molecule has 0 unspecified atom stereocenters. The van der Waals surface area contributed by atoms with Crippen LogP contribution in [0.5, 0.6) is 0 Å². The summed E-state index contributed by atoms with van der Waals surface area (Å²) >= 11 is 0. The van der Waals surface area contributed by atoms with E-state index in [2.05, 4.69) is 0 Å². The summed E-state index contributed by atoms with van der Waals surface area (Å²) in [4.78, 5) is 0. The fourth-order valence-corrected chi connectivity index (χ4v) is 0. The molecule has 0 aromatic heterocycles. The summed E-state index contributed by atoms with van der Waals surface area (Å²) in [6.07, 6.45) is 0. The van der Waals surface area contributed by atoms with Crippen LogP contribution in [0.15, 0.2) is 0 Å². The van der Waals surface area contributed by atoms with Gasteiger partial charge in [-0.3, -0.25) is 0 Å². The maximum atomic E-state index is 0. The van der Waals surface area contributed by atoms with Crippen molar-refractivity contribution in [2.45, 2.75) is 0 Å². The van der Waals surface area contributed by atoms with Crippen molar-refractivity contribution < 1.29 is 31.3 Å². The summed E-state index contributed by atoms with van der Waals surface area (Å²) in [6.45, 7) is 0. The minimum atomic E-state index is 0. The average molecular weight is 169 g/mol. The molecule has 0 aliphatic carbocycles. The van der Waals surface area contributed by atoms with E-state index in [9.17, 15) is 0 Å². The van der Waals surface area contributed by atoms with E-state index in [1.165, 1.54) is 0 Å². The molecule has 0 amide bonds. The zero-order chi connectivity index (χ0) is 0. The predicted molar refractivity (Wildman–Crippen MR) is 26.8 cm³/mol. The van der Waals surface area contributed by atoms with Crippen LogP contribution in [0.2, 0.25) is 0 Å². The zero-order valence-electron chi connectivity index (χ0n) is 3.31. The Morgan fingerprint density at radius 1 is 0.667 bits per heavy atom. The van der Waals surface area contributed by atoms with Crippen molar-refractivity contribution in [3.63, 3.8) is 0 Å². The van der Waals surface area contributed by atoms with Gasteiger partial charge in [-0.2, -0.15) is 0 Å². The molecule has 0 atom stereocenters. The van der Waals surface area contributed by atoms with Crippen molar-refractivity contribution in [2.75, 3.05) is 0 Å². The molecule has 0 spiro atoms. The first-order chi connectivity index (χ1) is 0. The first-order valence-corrected chi connectivity index (χ1v) is 0. The molecule has 0 fully saturated rings. The molecular weight excluding hydrogens is 163 g/mol. The van der Waals surface area contributed by atoms with Crippen molar-refractivity contribution in [2.24, 2.45) is 0 Å². The van der Waals surface area contributed by atoms with Crippen molar-refractivity contribution >= 4 is 37.2 Å². The van der Waals surface area contributed by atoms with Gasteiger partial charge >= 0.3 is 18.9 Å². The number of hydrogen-bond donors (Lipinski definition) is 1. The Kier molecular flexibility index (Phi) is 1460. The van der Waals surface area contributed by atoms with Gasteiger partial charge in [-0.25, -0.2) is 0 Å². The Morgan fingerprint density at radius 2 is 0.667 bits per heavy atom. The van der Waals surface area contributed by atoms with Gasteiger partial charge in [0.15, 0.2) is 0 Å². The van der Waals surface area contributed by atoms with Gasteiger partial charge < -0.3 is 18.6 Å². The second-order valence-corrected chi connectivity index (χ2v) is 0. The Morgan fingerprint density at radius 3 is 0.667 bits per heavy atom. The van der Waals surface area contributed by atoms with Crippen LogP contribution >= 0.6 is 37.2 Å². The van der Waals surface area contributed by atoms with E-state index >= 15 is 0 Å². The van der Waals surface area contributed by atoms with Crippen LogP contribution in [0, 0.1) is 0 Å². The van der Waals surface area contributed by atoms with E-state index in [-0.39, 0.29) is 74.6 Å². The summed E-state index contributed by atoms with van der Waals surface area (Å²) in [5.41, 5.74) is 0. The van der Waals surface area contributed by atoms with Gasteiger partial charge in [-0.1, -0.05) is 0 Å². The number of rotatable bonds is 0. The van der Waals surface area contributed by atoms with Crippen molar-refractivity contribution in [3.8, 4) is 0 Å². The SMILES string of the molecule is Cl.Cl.Cl.N.[Cl-].[Li+]. The molecule has 40 valence electrons. The molecule has 0 aromatic rings. The van der Waals surface area contributed by atoms with Gasteiger partial charge in [-0.15, -0.1) is 37.2 Å². The Balaban J connectivity index is 0. The monoisotopic (exact) mass is 167 g/mol. The Labute approximate surface area is 74.4 Å². The smallest absolute Gasteiger partial charge is 1.00 e. The summed E-state index contributed by atoms with van der Waals surface area (Å²) in [5.74, 6) is 0. The van der Waals surface area contributed by atoms with Gasteiger partial charge in [0.2, 0.25) is 0 Å². The molecule has 6 heavy (non-hydrogen) atoms. The molecule has 1 nitrogen and oxygen atoms in total. The topological polar surface area (TPSA) is 35.0 Å². The van der Waals surface area contributed by atoms with Crippen LogP contribution in [-0.4, -0.2) is 0 Å². The molecule has 0 rings (SSSR count). The molecule has 3 N–H and O–H groups in total. The fraction of sp³-hybridized carbons (Fsp3) is 0. The molecule has 0 saturated heterocycles. The standard InChI is InChI=1S/4ClH.Li.H3N/h4*1H;;1H3/q;;;;+1;/p-1. The Bertz CT molecular complexity index is 7.51. The van der Waals surface area contributed by atoms with E-state index in [4.69, 9.17) is 0 Å². The van der Waals surface area contributed by atoms with E-state index in [1.807, 2.05) is 0 Å². The fourth-order valence-electron chi connectivity index (χ4n) is 0. The average Bonchev–Trinajstić information content (AvgIpc) is 0. The molecule has 0 bridgehead atoms. The van der Waals surface area contributed by atoms with Crippen molar-refractivity contribution in [3.05, 3.63) is 0 Å². The van der Waals surface area contributed by atoms with Crippen LogP contribution in [0.4, 0.5) is 0 Å². The van der Waals surface area contributed by atoms with Crippen LogP contribution in [0.1, 0.15) is 0 Å². The van der Waals surface area contributed by atoms with E-state index < -0.39 is 0 Å². The van der Waals surface area contributed by atoms with Gasteiger partial charge in [0.1, 0.15) is 0 Å². The normalized spacial score (nSPS) is 0. The second kappa shape index (κ2) is 74.4. The van der Waals surface area contributed by atoms with Crippen LogP contribution < -0.4 is 37.4 Å². The summed E-state index contributed by atoms with van der Waals surface area (Å²) < 4.78 is 0. The minimum Gasteiger partial charge on any atom is -1.00 e. The molecule has 0 aliphatic rings. The van der Waals surface area contributed by atoms with Crippen molar-refractivity contribution in [1.29, 1.82) is 0 Å². The molecule has 0 saturated carbocycles. The van der Waals surface area contributed by atoms with Crippen LogP contribution in [0.25, 0.3) is 0 Å². The molecule has 0 heterocycles. The predicted octanol–water partition coefficient (Wildman–Crippen LogP) is -4.56. The largest absolute Gasteiger partial charge is 1.00 e. The molecule has 6 heteroatoms. The molecule has 0 radical (unpaired) electrons. The number of halogens is 4. The van der Waals surface area contributed by atoms with E-state index in [1.54, 1.807) is 0 Å². The third-order valence-corrected chi connectivity index (χ3v) is 0. The van der Waals surface area contributed by atoms with E-state index in [0.29, 0.717) is 0 Å². The van der Waals surface area contributed by atoms with Crippen LogP contribution in [0.3, 0.4) is 0 Å². The third kappa shape index (κ3) is 43.1. The second-order valence-electron chi connectivity index (χ2n) is 0. The number of hydrogen-bond acceptors (Lipinski definition) is 1. The zero-order valence-corrected chi connectivity index (χ0v) is 6.52. The maximum Gasteiger partial charge on any atom is 1.00 e. The Hall–Kier alpha value is 1.72. The summed E-state index contributed by atoms with van der Waals surface area (Å²) in [6, 6.07) is 0. The quantitative estimate of drug-likeness (QED) is 0.364. The maximum absolute atomic E-state index is 0. The van der Waals surface area contributed by atoms with Gasteiger partial charge in [0.05, 0.1) is 0 Å². The third-order valence-electron chi connectivity index (χ3n) is 0. The first-order valence-electron chi connectivity index (χ1n) is 0. The first kappa shape index (κ1) is 118. The van der Waals surface area contributed by atoms with Gasteiger partial charge in [-0.05, 0) is 0 Å². The summed E-state index contributed by atoms with van der Waals surface area (Å²) in [7, 11) is 0.